The van der Waals surface area contributed by atoms with Crippen LogP contribution in [0.2, 0.25) is 0 Å². The van der Waals surface area contributed by atoms with Crippen LogP contribution in [-0.2, 0) is 0 Å². The highest BCUT2D eigenvalue weighted by molar-refractivity contribution is 5.94. The highest BCUT2D eigenvalue weighted by atomic mass is 16.3. The monoisotopic (exact) mass is 207 g/mol. The van der Waals surface area contributed by atoms with Gasteiger partial charge in [-0.15, -0.1) is 0 Å². The number of aliphatic hydroxyl groups excluding tert-OH is 1. The summed E-state index contributed by atoms with van der Waals surface area (Å²) in [6, 6.07) is -0.0438. The fourth-order valence-electron chi connectivity index (χ4n) is 1.87. The molecule has 0 bridgehead atoms. The molecule has 1 fully saturated rings. The quantitative estimate of drug-likeness (QED) is 0.745. The zero-order valence-electron chi connectivity index (χ0n) is 8.33. The van der Waals surface area contributed by atoms with Crippen molar-refractivity contribution < 1.29 is 9.90 Å². The lowest BCUT2D eigenvalue weighted by molar-refractivity contribution is 0.0676. The maximum absolute atomic E-state index is 12.0. The van der Waals surface area contributed by atoms with Crippen LogP contribution in [0.3, 0.4) is 0 Å². The van der Waals surface area contributed by atoms with Gasteiger partial charge in [0.05, 0.1) is 18.2 Å². The first-order chi connectivity index (χ1) is 7.33. The van der Waals surface area contributed by atoms with Crippen molar-refractivity contribution in [1.82, 2.24) is 14.9 Å². The van der Waals surface area contributed by atoms with Crippen LogP contribution in [-0.4, -0.2) is 45.1 Å². The number of aromatic nitrogens is 2. The highest BCUT2D eigenvalue weighted by Gasteiger charge is 2.28. The van der Waals surface area contributed by atoms with Gasteiger partial charge in [-0.3, -0.25) is 4.79 Å². The van der Waals surface area contributed by atoms with Crippen molar-refractivity contribution in [2.75, 3.05) is 13.2 Å². The summed E-state index contributed by atoms with van der Waals surface area (Å²) in [5.74, 6) is -0.0906. The van der Waals surface area contributed by atoms with Crippen molar-refractivity contribution >= 4 is 5.91 Å². The van der Waals surface area contributed by atoms with E-state index in [0.29, 0.717) is 12.1 Å². The van der Waals surface area contributed by atoms with Gasteiger partial charge in [-0.1, -0.05) is 0 Å². The van der Waals surface area contributed by atoms with Crippen LogP contribution >= 0.6 is 0 Å². The zero-order valence-corrected chi connectivity index (χ0v) is 8.33. The van der Waals surface area contributed by atoms with Gasteiger partial charge >= 0.3 is 0 Å². The minimum atomic E-state index is -0.0906. The molecule has 1 aromatic heterocycles. The zero-order chi connectivity index (χ0) is 10.7. The molecule has 5 heteroatoms. The molecule has 5 nitrogen and oxygen atoms in total. The number of amides is 1. The van der Waals surface area contributed by atoms with E-state index >= 15 is 0 Å². The van der Waals surface area contributed by atoms with Crippen molar-refractivity contribution in [3.63, 3.8) is 0 Å². The third-order valence-electron chi connectivity index (χ3n) is 2.66. The van der Waals surface area contributed by atoms with Crippen molar-refractivity contribution in [2.24, 2.45) is 0 Å². The minimum Gasteiger partial charge on any atom is -0.394 e. The van der Waals surface area contributed by atoms with Crippen LogP contribution in [0, 0.1) is 0 Å². The first kappa shape index (κ1) is 10.0. The molecule has 1 aliphatic heterocycles. The molecule has 1 amide bonds. The third-order valence-corrected chi connectivity index (χ3v) is 2.66. The van der Waals surface area contributed by atoms with Gasteiger partial charge in [0, 0.05) is 18.9 Å². The molecule has 1 aromatic rings. The molecule has 80 valence electrons. The number of rotatable bonds is 2. The number of carbonyl (C=O) groups is 1. The predicted octanol–water partition coefficient (Wildman–Crippen LogP) is 0.0735. The molecule has 1 aliphatic rings. The molecule has 1 N–H and O–H groups in total. The van der Waals surface area contributed by atoms with E-state index in [4.69, 9.17) is 5.11 Å². The third kappa shape index (κ3) is 1.97. The fraction of sp³-hybridized carbons (Fsp3) is 0.500. The average Bonchev–Trinajstić information content (AvgIpc) is 2.77. The Hall–Kier alpha value is -1.49. The van der Waals surface area contributed by atoms with Crippen molar-refractivity contribution in [3.05, 3.63) is 24.3 Å². The van der Waals surface area contributed by atoms with Crippen LogP contribution in [0.5, 0.6) is 0 Å². The topological polar surface area (TPSA) is 66.3 Å². The number of hydrogen-bond donors (Lipinski definition) is 1. The van der Waals surface area contributed by atoms with E-state index in [1.54, 1.807) is 4.90 Å². The van der Waals surface area contributed by atoms with Gasteiger partial charge in [-0.05, 0) is 12.8 Å². The lowest BCUT2D eigenvalue weighted by atomic mass is 10.2. The highest BCUT2D eigenvalue weighted by Crippen LogP contribution is 2.18. The summed E-state index contributed by atoms with van der Waals surface area (Å²) in [5, 5.41) is 9.11. The van der Waals surface area contributed by atoms with Gasteiger partial charge in [0.1, 0.15) is 6.33 Å². The summed E-state index contributed by atoms with van der Waals surface area (Å²) in [5.41, 5.74) is 0.484. The molecule has 2 heterocycles. The second-order valence-electron chi connectivity index (χ2n) is 3.60. The van der Waals surface area contributed by atoms with E-state index in [1.807, 2.05) is 0 Å². The number of carbonyl (C=O) groups excluding carboxylic acids is 1. The van der Waals surface area contributed by atoms with Crippen LogP contribution in [0.4, 0.5) is 0 Å². The Kier molecular flexibility index (Phi) is 2.91. The Morgan fingerprint density at radius 2 is 2.27 bits per heavy atom. The molecule has 1 atom stereocenters. The average molecular weight is 207 g/mol. The largest absolute Gasteiger partial charge is 0.394 e. The van der Waals surface area contributed by atoms with Gasteiger partial charge in [0.25, 0.3) is 5.91 Å². The van der Waals surface area contributed by atoms with Crippen LogP contribution in [0.15, 0.2) is 18.7 Å². The van der Waals surface area contributed by atoms with Crippen LogP contribution in [0.1, 0.15) is 23.2 Å². The molecule has 0 radical (unpaired) electrons. The second kappa shape index (κ2) is 4.35. The number of hydrogen-bond acceptors (Lipinski definition) is 4. The lowest BCUT2D eigenvalue weighted by Crippen LogP contribution is -2.37. The van der Waals surface area contributed by atoms with Gasteiger partial charge in [-0.25, -0.2) is 9.97 Å². The molecule has 0 aromatic carbocycles. The van der Waals surface area contributed by atoms with E-state index in [0.717, 1.165) is 12.8 Å². The first-order valence-corrected chi connectivity index (χ1v) is 5.00. The summed E-state index contributed by atoms with van der Waals surface area (Å²) < 4.78 is 0. The van der Waals surface area contributed by atoms with E-state index in [9.17, 15) is 4.79 Å². The van der Waals surface area contributed by atoms with Gasteiger partial charge < -0.3 is 10.0 Å². The molecule has 0 saturated carbocycles. The normalized spacial score (nSPS) is 20.6. The van der Waals surface area contributed by atoms with Crippen molar-refractivity contribution in [2.45, 2.75) is 18.9 Å². The summed E-state index contributed by atoms with van der Waals surface area (Å²) >= 11 is 0. The first-order valence-electron chi connectivity index (χ1n) is 5.00. The van der Waals surface area contributed by atoms with E-state index in [2.05, 4.69) is 9.97 Å². The Morgan fingerprint density at radius 1 is 1.53 bits per heavy atom. The maximum Gasteiger partial charge on any atom is 0.257 e. The smallest absolute Gasteiger partial charge is 0.257 e. The summed E-state index contributed by atoms with van der Waals surface area (Å²) in [6.07, 6.45) is 6.22. The number of aliphatic hydroxyl groups is 1. The molecule has 2 rings (SSSR count). The Balaban J connectivity index is 2.14. The molecule has 0 spiro atoms. The Labute approximate surface area is 87.8 Å². The van der Waals surface area contributed by atoms with Gasteiger partial charge in [-0.2, -0.15) is 0 Å². The molecule has 1 unspecified atom stereocenters. The molecular weight excluding hydrogens is 194 g/mol. The maximum atomic E-state index is 12.0. The summed E-state index contributed by atoms with van der Waals surface area (Å²) in [6.45, 7) is 0.735. The Bertz CT molecular complexity index is 342. The van der Waals surface area contributed by atoms with E-state index in [1.165, 1.54) is 18.7 Å². The van der Waals surface area contributed by atoms with Gasteiger partial charge in [0.2, 0.25) is 0 Å². The standard InChI is InChI=1S/C10H13N3O2/c14-6-9-2-1-3-13(9)10(15)8-4-11-7-12-5-8/h4-5,7,9,14H,1-3,6H2. The number of nitrogens with zero attached hydrogens (tertiary/aromatic N) is 3. The Morgan fingerprint density at radius 3 is 2.93 bits per heavy atom. The molecule has 0 aliphatic carbocycles. The van der Waals surface area contributed by atoms with E-state index < -0.39 is 0 Å². The van der Waals surface area contributed by atoms with Crippen molar-refractivity contribution in [3.8, 4) is 0 Å². The summed E-state index contributed by atoms with van der Waals surface area (Å²) in [7, 11) is 0. The van der Waals surface area contributed by atoms with Crippen LogP contribution in [0.25, 0.3) is 0 Å². The lowest BCUT2D eigenvalue weighted by Gasteiger charge is -2.22. The molecule has 1 saturated heterocycles. The van der Waals surface area contributed by atoms with E-state index in [-0.39, 0.29) is 18.6 Å². The number of likely N-dealkylation sites (tertiary alicyclic amines) is 1. The SMILES string of the molecule is O=C(c1cncnc1)N1CCCC1CO. The van der Waals surface area contributed by atoms with Gasteiger partial charge in [0.15, 0.2) is 0 Å². The predicted molar refractivity (Wildman–Crippen MR) is 53.2 cm³/mol. The minimum absolute atomic E-state index is 0.0272. The van der Waals surface area contributed by atoms with Crippen molar-refractivity contribution in [1.29, 1.82) is 0 Å². The molecule has 15 heavy (non-hydrogen) atoms. The molecular formula is C10H13N3O2. The summed E-state index contributed by atoms with van der Waals surface area (Å²) in [4.78, 5) is 21.3. The second-order valence-corrected chi connectivity index (χ2v) is 3.60. The fourth-order valence-corrected chi connectivity index (χ4v) is 1.87. The van der Waals surface area contributed by atoms with Crippen LogP contribution < -0.4 is 0 Å².